The molecule has 1 atom stereocenters. The monoisotopic (exact) mass is 429 g/mol. The van der Waals surface area contributed by atoms with E-state index in [2.05, 4.69) is 15.9 Å². The van der Waals surface area contributed by atoms with Gasteiger partial charge in [0.25, 0.3) is 5.91 Å². The second kappa shape index (κ2) is 6.13. The summed E-state index contributed by atoms with van der Waals surface area (Å²) >= 11 is 3.29. The summed E-state index contributed by atoms with van der Waals surface area (Å²) in [5.41, 5.74) is 2.00. The number of carbonyl (C=O) groups excluding carboxylic acids is 1. The number of phenolic OH excluding ortho intramolecular Hbond substituents is 1. The molecule has 2 heterocycles. The van der Waals surface area contributed by atoms with Crippen LogP contribution >= 0.6 is 15.9 Å². The first-order valence-electron chi connectivity index (χ1n) is 8.24. The number of fused-ring (bicyclic) bond motifs is 2. The van der Waals surface area contributed by atoms with Crippen molar-refractivity contribution in [1.29, 1.82) is 0 Å². The van der Waals surface area contributed by atoms with E-state index in [-0.39, 0.29) is 28.6 Å². The number of ether oxygens (including phenoxy) is 1. The van der Waals surface area contributed by atoms with E-state index in [4.69, 9.17) is 9.15 Å². The van der Waals surface area contributed by atoms with Gasteiger partial charge in [-0.25, -0.2) is 0 Å². The molecule has 2 aromatic carbocycles. The Kier molecular flexibility index (Phi) is 3.99. The highest BCUT2D eigenvalue weighted by Gasteiger charge is 2.41. The van der Waals surface area contributed by atoms with Crippen LogP contribution in [0.1, 0.15) is 33.3 Å². The molecule has 1 aromatic heterocycles. The van der Waals surface area contributed by atoms with Gasteiger partial charge < -0.3 is 19.2 Å². The molecule has 6 nitrogen and oxygen atoms in total. The predicted molar refractivity (Wildman–Crippen MR) is 104 cm³/mol. The first-order valence-corrected chi connectivity index (χ1v) is 9.03. The molecule has 0 saturated heterocycles. The lowest BCUT2D eigenvalue weighted by atomic mass is 9.98. The average molecular weight is 430 g/mol. The molecule has 0 radical (unpaired) electrons. The molecule has 3 aromatic rings. The molecule has 27 heavy (non-hydrogen) atoms. The summed E-state index contributed by atoms with van der Waals surface area (Å²) in [6, 6.07) is 7.94. The molecule has 0 fully saturated rings. The number of hydrogen-bond acceptors (Lipinski definition) is 5. The van der Waals surface area contributed by atoms with Crippen LogP contribution in [0.5, 0.6) is 11.5 Å². The minimum Gasteiger partial charge on any atom is -0.503 e. The van der Waals surface area contributed by atoms with Crippen LogP contribution in [0.3, 0.4) is 0 Å². The largest absolute Gasteiger partial charge is 0.503 e. The van der Waals surface area contributed by atoms with Gasteiger partial charge in [0.05, 0.1) is 28.6 Å². The van der Waals surface area contributed by atoms with Crippen LogP contribution in [-0.2, 0) is 0 Å². The smallest absolute Gasteiger partial charge is 0.290 e. The third-order valence-corrected chi connectivity index (χ3v) is 5.45. The number of nitrogens with zero attached hydrogens (tertiary/aromatic N) is 1. The van der Waals surface area contributed by atoms with Gasteiger partial charge in [-0.1, -0.05) is 11.6 Å². The molecular weight excluding hydrogens is 414 g/mol. The number of aryl methyl sites for hydroxylation is 1. The summed E-state index contributed by atoms with van der Waals surface area (Å²) in [5.74, 6) is -0.117. The zero-order valence-electron chi connectivity index (χ0n) is 14.9. The van der Waals surface area contributed by atoms with Crippen molar-refractivity contribution in [2.24, 2.45) is 0 Å². The molecule has 1 unspecified atom stereocenters. The topological polar surface area (TPSA) is 80.0 Å². The van der Waals surface area contributed by atoms with E-state index in [1.165, 1.54) is 12.0 Å². The van der Waals surface area contributed by atoms with Crippen molar-refractivity contribution in [3.8, 4) is 11.5 Å². The summed E-state index contributed by atoms with van der Waals surface area (Å²) in [5, 5.41) is 10.5. The van der Waals surface area contributed by atoms with Gasteiger partial charge in [0.2, 0.25) is 5.76 Å². The Bertz CT molecular complexity index is 1170. The minimum absolute atomic E-state index is 0.0466. The maximum atomic E-state index is 13.2. The van der Waals surface area contributed by atoms with E-state index in [1.54, 1.807) is 31.3 Å². The van der Waals surface area contributed by atoms with Crippen LogP contribution in [0.15, 0.2) is 44.0 Å². The fraction of sp³-hybridized carbons (Fsp3) is 0.200. The number of aromatic hydroxyl groups is 1. The van der Waals surface area contributed by atoms with Crippen molar-refractivity contribution in [1.82, 2.24) is 4.90 Å². The standard InChI is InChI=1S/C20H16BrNO5/c1-9-4-5-13-11(6-9)17(23)15-16(22(2)20(25)19(15)27-13)10-7-12(21)18(24)14(8-10)26-3/h4-8,16,24H,1-3H3. The SMILES string of the molecule is COc1cc(C2c3c(oc4ccc(C)cc4c3=O)C(=O)N2C)cc(Br)c1O. The van der Waals surface area contributed by atoms with Crippen LogP contribution in [0.2, 0.25) is 0 Å². The minimum atomic E-state index is -0.639. The predicted octanol–water partition coefficient (Wildman–Crippen LogP) is 3.75. The van der Waals surface area contributed by atoms with Gasteiger partial charge in [0, 0.05) is 7.05 Å². The molecule has 7 heteroatoms. The summed E-state index contributed by atoms with van der Waals surface area (Å²) in [6.45, 7) is 1.89. The zero-order chi connectivity index (χ0) is 19.5. The highest BCUT2D eigenvalue weighted by molar-refractivity contribution is 9.10. The third-order valence-electron chi connectivity index (χ3n) is 4.84. The zero-order valence-corrected chi connectivity index (χ0v) is 16.5. The summed E-state index contributed by atoms with van der Waals surface area (Å²) in [4.78, 5) is 27.4. The number of phenols is 1. The second-order valence-corrected chi connectivity index (χ2v) is 7.40. The molecule has 0 spiro atoms. The highest BCUT2D eigenvalue weighted by Crippen LogP contribution is 2.42. The van der Waals surface area contributed by atoms with E-state index in [0.29, 0.717) is 26.6 Å². The van der Waals surface area contributed by atoms with E-state index < -0.39 is 6.04 Å². The average Bonchev–Trinajstić information content (AvgIpc) is 2.90. The Morgan fingerprint density at radius 3 is 2.67 bits per heavy atom. The normalized spacial score (nSPS) is 16.1. The number of benzene rings is 2. The maximum absolute atomic E-state index is 13.2. The van der Waals surface area contributed by atoms with Crippen molar-refractivity contribution in [3.05, 3.63) is 67.5 Å². The van der Waals surface area contributed by atoms with Crippen LogP contribution < -0.4 is 10.2 Å². The number of rotatable bonds is 2. The molecule has 4 rings (SSSR count). The lowest BCUT2D eigenvalue weighted by molar-refractivity contribution is 0.0771. The van der Waals surface area contributed by atoms with Gasteiger partial charge >= 0.3 is 0 Å². The van der Waals surface area contributed by atoms with Crippen molar-refractivity contribution in [3.63, 3.8) is 0 Å². The fourth-order valence-corrected chi connectivity index (χ4v) is 3.96. The van der Waals surface area contributed by atoms with Gasteiger partial charge in [-0.2, -0.15) is 0 Å². The van der Waals surface area contributed by atoms with Gasteiger partial charge in [0.1, 0.15) is 5.58 Å². The highest BCUT2D eigenvalue weighted by atomic mass is 79.9. The van der Waals surface area contributed by atoms with E-state index >= 15 is 0 Å². The molecule has 0 saturated carbocycles. The molecule has 1 aliphatic heterocycles. The Morgan fingerprint density at radius 1 is 1.22 bits per heavy atom. The molecule has 0 aliphatic carbocycles. The van der Waals surface area contributed by atoms with E-state index in [9.17, 15) is 14.7 Å². The molecule has 1 aliphatic rings. The van der Waals surface area contributed by atoms with Gasteiger partial charge in [-0.3, -0.25) is 9.59 Å². The van der Waals surface area contributed by atoms with Crippen LogP contribution in [0, 0.1) is 6.92 Å². The summed E-state index contributed by atoms with van der Waals surface area (Å²) in [6.07, 6.45) is 0. The summed E-state index contributed by atoms with van der Waals surface area (Å²) < 4.78 is 11.4. The Balaban J connectivity index is 2.02. The molecule has 0 bridgehead atoms. The Morgan fingerprint density at radius 2 is 1.96 bits per heavy atom. The third kappa shape index (κ3) is 2.53. The van der Waals surface area contributed by atoms with E-state index in [0.717, 1.165) is 5.56 Å². The van der Waals surface area contributed by atoms with E-state index in [1.807, 2.05) is 13.0 Å². The van der Waals surface area contributed by atoms with Crippen LogP contribution in [0.25, 0.3) is 11.0 Å². The maximum Gasteiger partial charge on any atom is 0.290 e. The van der Waals surface area contributed by atoms with Gasteiger partial charge in [0.15, 0.2) is 16.9 Å². The number of halogens is 1. The number of carbonyl (C=O) groups is 1. The van der Waals surface area contributed by atoms with Crippen molar-refractivity contribution in [2.75, 3.05) is 14.2 Å². The molecular formula is C20H16BrNO5. The second-order valence-electron chi connectivity index (χ2n) is 6.55. The number of amides is 1. The summed E-state index contributed by atoms with van der Waals surface area (Å²) in [7, 11) is 3.05. The number of methoxy groups -OCH3 is 1. The molecule has 1 N–H and O–H groups in total. The Hall–Kier alpha value is -2.80. The quantitative estimate of drug-likeness (QED) is 0.670. The van der Waals surface area contributed by atoms with Gasteiger partial charge in [-0.15, -0.1) is 0 Å². The van der Waals surface area contributed by atoms with Gasteiger partial charge in [-0.05, 0) is 52.7 Å². The first kappa shape index (κ1) is 17.6. The van der Waals surface area contributed by atoms with Crippen LogP contribution in [0.4, 0.5) is 0 Å². The van der Waals surface area contributed by atoms with Crippen molar-refractivity contribution < 1.29 is 19.1 Å². The van der Waals surface area contributed by atoms with Crippen LogP contribution in [-0.4, -0.2) is 30.1 Å². The lowest BCUT2D eigenvalue weighted by Gasteiger charge is -2.21. The molecule has 138 valence electrons. The lowest BCUT2D eigenvalue weighted by Crippen LogP contribution is -2.25. The first-order chi connectivity index (χ1) is 12.8. The fourth-order valence-electron chi connectivity index (χ4n) is 3.50. The Labute approximate surface area is 163 Å². The van der Waals surface area contributed by atoms with Crippen molar-refractivity contribution >= 4 is 32.8 Å². The number of hydrogen-bond donors (Lipinski definition) is 1. The van der Waals surface area contributed by atoms with Crippen molar-refractivity contribution in [2.45, 2.75) is 13.0 Å². The molecule has 1 amide bonds.